The van der Waals surface area contributed by atoms with Crippen LogP contribution in [0.25, 0.3) is 33.7 Å². The van der Waals surface area contributed by atoms with Gasteiger partial charge in [-0.15, -0.1) is 0 Å². The summed E-state index contributed by atoms with van der Waals surface area (Å²) in [4.78, 5) is 9.89. The third-order valence-electron chi connectivity index (χ3n) is 6.56. The molecule has 4 heterocycles. The lowest BCUT2D eigenvalue weighted by atomic mass is 10.1. The Morgan fingerprint density at radius 2 is 1.86 bits per heavy atom. The molecule has 182 valence electrons. The Morgan fingerprint density at radius 3 is 2.69 bits per heavy atom. The highest BCUT2D eigenvalue weighted by Gasteiger charge is 2.18. The monoisotopic (exact) mass is 487 g/mol. The molecule has 0 saturated carbocycles. The van der Waals surface area contributed by atoms with Gasteiger partial charge in [0.2, 0.25) is 18.5 Å². The van der Waals surface area contributed by atoms with Crippen molar-refractivity contribution in [1.82, 2.24) is 25.1 Å². The molecule has 0 radical (unpaired) electrons. The van der Waals surface area contributed by atoms with Crippen LogP contribution in [0.15, 0.2) is 65.4 Å². The van der Waals surface area contributed by atoms with Crippen LogP contribution >= 0.6 is 0 Å². The minimum Gasteiger partial charge on any atom is -0.354 e. The second-order valence-electron chi connectivity index (χ2n) is 9.17. The number of nitrogens with one attached hydrogen (secondary N) is 1. The smallest absolute Gasteiger partial charge is 0.234 e. The summed E-state index contributed by atoms with van der Waals surface area (Å²) in [5.41, 5.74) is 4.33. The highest BCUT2D eigenvalue weighted by Crippen LogP contribution is 2.24. The Morgan fingerprint density at radius 1 is 1.03 bits per heavy atom. The van der Waals surface area contributed by atoms with Gasteiger partial charge in [-0.3, -0.25) is 4.90 Å². The molecule has 3 aromatic heterocycles. The van der Waals surface area contributed by atoms with Crippen molar-refractivity contribution >= 4 is 11.0 Å². The number of benzene rings is 2. The number of hydrogen-bond donors (Lipinski definition) is 1. The molecule has 0 spiro atoms. The molecule has 1 N–H and O–H groups in total. The number of likely N-dealkylation sites (tertiary alicyclic amines) is 1. The van der Waals surface area contributed by atoms with Gasteiger partial charge in [0.05, 0.1) is 5.56 Å². The van der Waals surface area contributed by atoms with Crippen molar-refractivity contribution < 1.29 is 18.0 Å². The van der Waals surface area contributed by atoms with E-state index in [0.29, 0.717) is 23.3 Å². The van der Waals surface area contributed by atoms with Crippen molar-refractivity contribution in [3.63, 3.8) is 0 Å². The van der Waals surface area contributed by atoms with Crippen LogP contribution in [0.1, 0.15) is 30.6 Å². The van der Waals surface area contributed by atoms with Gasteiger partial charge in [-0.25, -0.2) is 13.8 Å². The molecule has 9 heteroatoms. The van der Waals surface area contributed by atoms with Crippen LogP contribution in [0.5, 0.6) is 0 Å². The Hall–Kier alpha value is -3.98. The summed E-state index contributed by atoms with van der Waals surface area (Å²) in [5.74, 6) is -0.965. The first-order valence-electron chi connectivity index (χ1n) is 12.1. The minimum atomic E-state index is -0.939. The van der Waals surface area contributed by atoms with E-state index in [1.165, 1.54) is 50.0 Å². The summed E-state index contributed by atoms with van der Waals surface area (Å²) in [5, 5.41) is 8.60. The molecule has 1 aliphatic rings. The van der Waals surface area contributed by atoms with Crippen LogP contribution in [0.3, 0.4) is 0 Å². The van der Waals surface area contributed by atoms with E-state index < -0.39 is 11.6 Å². The van der Waals surface area contributed by atoms with Gasteiger partial charge in [0.1, 0.15) is 28.7 Å². The van der Waals surface area contributed by atoms with Crippen molar-refractivity contribution in [3.8, 4) is 22.6 Å². The van der Waals surface area contributed by atoms with E-state index in [1.807, 2.05) is 6.07 Å². The zero-order valence-electron chi connectivity index (χ0n) is 19.6. The summed E-state index contributed by atoms with van der Waals surface area (Å²) in [6, 6.07) is 14.4. The number of piperidine rings is 1. The summed E-state index contributed by atoms with van der Waals surface area (Å²) < 4.78 is 35.0. The molecule has 7 nitrogen and oxygen atoms in total. The third kappa shape index (κ3) is 4.61. The van der Waals surface area contributed by atoms with Crippen molar-refractivity contribution in [2.75, 3.05) is 13.1 Å². The Labute approximate surface area is 206 Å². The molecule has 0 bridgehead atoms. The molecule has 0 amide bonds. The van der Waals surface area contributed by atoms with Crippen LogP contribution in [-0.2, 0) is 13.1 Å². The minimum absolute atomic E-state index is 0.0690. The first-order chi connectivity index (χ1) is 17.6. The zero-order valence-corrected chi connectivity index (χ0v) is 19.6. The number of hydrogen-bond acceptors (Lipinski definition) is 5. The van der Waals surface area contributed by atoms with E-state index in [9.17, 15) is 8.78 Å². The van der Waals surface area contributed by atoms with Gasteiger partial charge in [0.25, 0.3) is 0 Å². The van der Waals surface area contributed by atoms with E-state index in [4.69, 9.17) is 4.52 Å². The molecular formula is C27H25F2N6O+. The predicted molar refractivity (Wildman–Crippen MR) is 130 cm³/mol. The Kier molecular flexibility index (Phi) is 5.98. The maximum absolute atomic E-state index is 14.2. The van der Waals surface area contributed by atoms with Crippen molar-refractivity contribution in [1.29, 1.82) is 0 Å². The third-order valence-corrected chi connectivity index (χ3v) is 6.56. The van der Waals surface area contributed by atoms with Crippen LogP contribution in [0.2, 0.25) is 0 Å². The van der Waals surface area contributed by atoms with E-state index in [0.717, 1.165) is 23.9 Å². The second-order valence-corrected chi connectivity index (χ2v) is 9.17. The summed E-state index contributed by atoms with van der Waals surface area (Å²) in [7, 11) is 0. The Balaban J connectivity index is 1.16. The lowest BCUT2D eigenvalue weighted by molar-refractivity contribution is -0.746. The van der Waals surface area contributed by atoms with Gasteiger partial charge in [-0.05, 0) is 48.7 Å². The van der Waals surface area contributed by atoms with Gasteiger partial charge in [0, 0.05) is 18.2 Å². The fourth-order valence-corrected chi connectivity index (χ4v) is 4.65. The molecule has 6 rings (SSSR count). The van der Waals surface area contributed by atoms with E-state index in [-0.39, 0.29) is 11.4 Å². The fourth-order valence-electron chi connectivity index (χ4n) is 4.65. The molecule has 1 fully saturated rings. The topological polar surface area (TPSA) is 74.7 Å². The summed E-state index contributed by atoms with van der Waals surface area (Å²) in [6.07, 6.45) is 7.23. The summed E-state index contributed by atoms with van der Waals surface area (Å²) in [6.45, 7) is 3.69. The number of halogens is 2. The number of H-pyrrole nitrogens is 1. The molecule has 1 saturated heterocycles. The van der Waals surface area contributed by atoms with E-state index in [1.54, 1.807) is 17.1 Å². The van der Waals surface area contributed by atoms with Gasteiger partial charge < -0.3 is 9.51 Å². The average molecular weight is 488 g/mol. The molecule has 5 aromatic rings. The molecule has 1 aliphatic heterocycles. The molecule has 0 aliphatic carbocycles. The first-order valence-corrected chi connectivity index (χ1v) is 12.1. The summed E-state index contributed by atoms with van der Waals surface area (Å²) >= 11 is 0. The maximum atomic E-state index is 14.2. The van der Waals surface area contributed by atoms with Gasteiger partial charge in [-0.1, -0.05) is 46.6 Å². The fraction of sp³-hybridized carbons (Fsp3) is 0.259. The van der Waals surface area contributed by atoms with Gasteiger partial charge >= 0.3 is 0 Å². The SMILES string of the molecule is Fc1cccc(-c2nc3cn[n+](Cc4cc(-c5ccc(CN6CCCCC6)cc5)no4)cc3[nH]2)c1F. The molecule has 2 aromatic carbocycles. The lowest BCUT2D eigenvalue weighted by Gasteiger charge is -2.26. The predicted octanol–water partition coefficient (Wildman–Crippen LogP) is 4.88. The molecule has 36 heavy (non-hydrogen) atoms. The molecular weight excluding hydrogens is 462 g/mol. The molecule has 0 unspecified atom stereocenters. The van der Waals surface area contributed by atoms with Crippen LogP contribution in [0, 0.1) is 11.6 Å². The highest BCUT2D eigenvalue weighted by molar-refractivity contribution is 5.77. The van der Waals surface area contributed by atoms with E-state index in [2.05, 4.69) is 49.4 Å². The number of nitrogens with zero attached hydrogens (tertiary/aromatic N) is 5. The number of aromatic nitrogens is 5. The standard InChI is InChI=1S/C27H24F2N6O/c28-22-6-4-5-21(26(22)29)27-31-24-14-30-35(17-25(24)32-27)16-20-13-23(33-36-20)19-9-7-18(8-10-19)15-34-11-2-1-3-12-34/h4-10,13-14,17H,1-3,11-12,15-16H2/p+1. The van der Waals surface area contributed by atoms with Crippen LogP contribution < -0.4 is 4.68 Å². The zero-order chi connectivity index (χ0) is 24.5. The van der Waals surface area contributed by atoms with Crippen molar-refractivity contribution in [2.45, 2.75) is 32.4 Å². The number of aromatic amines is 1. The van der Waals surface area contributed by atoms with E-state index >= 15 is 0 Å². The quantitative estimate of drug-likeness (QED) is 0.346. The van der Waals surface area contributed by atoms with Crippen LogP contribution in [-0.4, -0.2) is 38.2 Å². The van der Waals surface area contributed by atoms with Crippen LogP contribution in [0.4, 0.5) is 8.78 Å². The maximum Gasteiger partial charge on any atom is 0.234 e. The first kappa shape index (κ1) is 22.5. The lowest BCUT2D eigenvalue weighted by Crippen LogP contribution is -2.37. The Bertz CT molecular complexity index is 1500. The van der Waals surface area contributed by atoms with Crippen molar-refractivity contribution in [3.05, 3.63) is 83.9 Å². The number of rotatable bonds is 6. The number of fused-ring (bicyclic) bond motifs is 1. The van der Waals surface area contributed by atoms with Crippen molar-refractivity contribution in [2.24, 2.45) is 0 Å². The normalized spacial score (nSPS) is 14.5. The molecule has 0 atom stereocenters. The van der Waals surface area contributed by atoms with Gasteiger partial charge in [0.15, 0.2) is 11.6 Å². The second kappa shape index (κ2) is 9.58. The average Bonchev–Trinajstić information content (AvgIpc) is 3.54. The largest absolute Gasteiger partial charge is 0.354 e. The number of imidazole rings is 1. The van der Waals surface area contributed by atoms with Gasteiger partial charge in [-0.2, -0.15) is 0 Å². The highest BCUT2D eigenvalue weighted by atomic mass is 19.2.